The lowest BCUT2D eigenvalue weighted by molar-refractivity contribution is 0.232. The quantitative estimate of drug-likeness (QED) is 0.803. The molecule has 1 heterocycles. The summed E-state index contributed by atoms with van der Waals surface area (Å²) in [5, 5.41) is 11.2. The number of hydrogen-bond donors (Lipinski definition) is 1. The largest absolute Gasteiger partial charge is 0.331 e. The van der Waals surface area contributed by atoms with Crippen molar-refractivity contribution in [2.24, 2.45) is 0 Å². The normalized spacial score (nSPS) is 19.4. The number of carbonyl (C=O) groups is 1. The Morgan fingerprint density at radius 1 is 1.62 bits per heavy atom. The van der Waals surface area contributed by atoms with Gasteiger partial charge in [-0.15, -0.1) is 0 Å². The number of nitrogens with one attached hydrogen (secondary N) is 1. The van der Waals surface area contributed by atoms with E-state index in [2.05, 4.69) is 21.2 Å². The van der Waals surface area contributed by atoms with Crippen molar-refractivity contribution in [3.05, 3.63) is 34.1 Å². The zero-order valence-electron chi connectivity index (χ0n) is 8.08. The van der Waals surface area contributed by atoms with Crippen LogP contribution in [0, 0.1) is 17.3 Å². The van der Waals surface area contributed by atoms with Crippen LogP contribution in [0.4, 0.5) is 9.18 Å². The van der Waals surface area contributed by atoms with Gasteiger partial charge in [-0.3, -0.25) is 0 Å². The van der Waals surface area contributed by atoms with E-state index >= 15 is 0 Å². The molecule has 1 aromatic rings. The van der Waals surface area contributed by atoms with Gasteiger partial charge >= 0.3 is 6.03 Å². The highest BCUT2D eigenvalue weighted by molar-refractivity contribution is 9.10. The lowest BCUT2D eigenvalue weighted by Crippen LogP contribution is -2.23. The van der Waals surface area contributed by atoms with Crippen molar-refractivity contribution >= 4 is 22.0 Å². The fraction of sp³-hybridized carbons (Fsp3) is 0.200. The van der Waals surface area contributed by atoms with Gasteiger partial charge < -0.3 is 5.32 Å². The van der Waals surface area contributed by atoms with Gasteiger partial charge in [0.15, 0.2) is 6.19 Å². The van der Waals surface area contributed by atoms with E-state index in [0.717, 1.165) is 9.37 Å². The predicted molar refractivity (Wildman–Crippen MR) is 57.7 cm³/mol. The van der Waals surface area contributed by atoms with Gasteiger partial charge in [0.2, 0.25) is 0 Å². The molecule has 6 heteroatoms. The Balaban J connectivity index is 2.30. The first-order chi connectivity index (χ1) is 7.61. The van der Waals surface area contributed by atoms with Gasteiger partial charge in [0.05, 0.1) is 12.6 Å². The monoisotopic (exact) mass is 283 g/mol. The zero-order valence-corrected chi connectivity index (χ0v) is 9.66. The van der Waals surface area contributed by atoms with Crippen LogP contribution in [0.2, 0.25) is 0 Å². The van der Waals surface area contributed by atoms with Crippen LogP contribution < -0.4 is 5.32 Å². The molecule has 1 aliphatic rings. The average Bonchev–Trinajstić information content (AvgIpc) is 2.63. The van der Waals surface area contributed by atoms with Crippen molar-refractivity contribution in [1.82, 2.24) is 10.2 Å². The lowest BCUT2D eigenvalue weighted by atomic mass is 10.1. The van der Waals surface area contributed by atoms with Crippen LogP contribution in [-0.4, -0.2) is 17.5 Å². The van der Waals surface area contributed by atoms with E-state index < -0.39 is 17.9 Å². The number of carbonyl (C=O) groups excluding carboxylic acids is 1. The molecule has 2 rings (SSSR count). The molecule has 82 valence electrons. The van der Waals surface area contributed by atoms with E-state index in [1.54, 1.807) is 18.3 Å². The molecule has 1 aliphatic heterocycles. The molecule has 0 aliphatic carbocycles. The van der Waals surface area contributed by atoms with Gasteiger partial charge in [-0.2, -0.15) is 5.26 Å². The third-order valence-electron chi connectivity index (χ3n) is 2.36. The summed E-state index contributed by atoms with van der Waals surface area (Å²) < 4.78 is 14.2. The molecule has 4 nitrogen and oxygen atoms in total. The SMILES string of the molecule is N#CN1CC(c2cc(Br)ccc2F)NC1=O. The molecule has 0 aromatic heterocycles. The van der Waals surface area contributed by atoms with Crippen molar-refractivity contribution < 1.29 is 9.18 Å². The Hall–Kier alpha value is -1.61. The molecular formula is C10H7BrFN3O. The van der Waals surface area contributed by atoms with Crippen LogP contribution in [0.5, 0.6) is 0 Å². The number of urea groups is 1. The summed E-state index contributed by atoms with van der Waals surface area (Å²) in [5.74, 6) is -0.395. The lowest BCUT2D eigenvalue weighted by Gasteiger charge is -2.10. The summed E-state index contributed by atoms with van der Waals surface area (Å²) >= 11 is 3.23. The van der Waals surface area contributed by atoms with Crippen LogP contribution in [0.25, 0.3) is 0 Å². The molecule has 1 fully saturated rings. The fourth-order valence-corrected chi connectivity index (χ4v) is 1.96. The number of halogens is 2. The molecule has 0 bridgehead atoms. The van der Waals surface area contributed by atoms with E-state index in [1.165, 1.54) is 6.07 Å². The van der Waals surface area contributed by atoms with E-state index in [1.807, 2.05) is 0 Å². The number of amides is 2. The first kappa shape index (κ1) is 10.9. The Bertz CT molecular complexity index is 485. The third kappa shape index (κ3) is 1.86. The maximum absolute atomic E-state index is 13.5. The molecule has 0 saturated carbocycles. The number of nitriles is 1. The van der Waals surface area contributed by atoms with Gasteiger partial charge in [0.25, 0.3) is 0 Å². The smallest absolute Gasteiger partial charge is 0.328 e. The minimum atomic E-state index is -0.494. The van der Waals surface area contributed by atoms with Crippen molar-refractivity contribution in [2.75, 3.05) is 6.54 Å². The summed E-state index contributed by atoms with van der Waals surface area (Å²) in [6, 6.07) is 3.52. The van der Waals surface area contributed by atoms with Crippen molar-refractivity contribution in [3.8, 4) is 6.19 Å². The topological polar surface area (TPSA) is 56.1 Å². The van der Waals surface area contributed by atoms with E-state index in [0.29, 0.717) is 5.56 Å². The number of hydrogen-bond acceptors (Lipinski definition) is 2. The van der Waals surface area contributed by atoms with Crippen LogP contribution >= 0.6 is 15.9 Å². The van der Waals surface area contributed by atoms with Crippen LogP contribution in [0.15, 0.2) is 22.7 Å². The second-order valence-corrected chi connectivity index (χ2v) is 4.29. The third-order valence-corrected chi connectivity index (χ3v) is 2.86. The summed E-state index contributed by atoms with van der Waals surface area (Å²) in [6.07, 6.45) is 1.73. The maximum Gasteiger partial charge on any atom is 0.331 e. The Morgan fingerprint density at radius 2 is 2.38 bits per heavy atom. The molecule has 1 atom stereocenters. The average molecular weight is 284 g/mol. The fourth-order valence-electron chi connectivity index (χ4n) is 1.58. The van der Waals surface area contributed by atoms with Crippen molar-refractivity contribution in [2.45, 2.75) is 6.04 Å². The highest BCUT2D eigenvalue weighted by Gasteiger charge is 2.31. The Kier molecular flexibility index (Phi) is 2.79. The summed E-state index contributed by atoms with van der Waals surface area (Å²) in [5.41, 5.74) is 0.375. The van der Waals surface area contributed by atoms with Crippen LogP contribution in [0.3, 0.4) is 0 Å². The molecule has 1 unspecified atom stereocenters. The first-order valence-corrected chi connectivity index (χ1v) is 5.34. The molecule has 0 spiro atoms. The number of nitrogens with zero attached hydrogens (tertiary/aromatic N) is 2. The van der Waals surface area contributed by atoms with Crippen LogP contribution in [0.1, 0.15) is 11.6 Å². The molecule has 1 saturated heterocycles. The summed E-state index contributed by atoms with van der Waals surface area (Å²) in [4.78, 5) is 12.2. The Labute approximate surface area is 99.8 Å². The summed E-state index contributed by atoms with van der Waals surface area (Å²) in [6.45, 7) is 0.155. The van der Waals surface area contributed by atoms with Crippen molar-refractivity contribution in [1.29, 1.82) is 5.26 Å². The highest BCUT2D eigenvalue weighted by atomic mass is 79.9. The van der Waals surface area contributed by atoms with E-state index in [-0.39, 0.29) is 6.54 Å². The maximum atomic E-state index is 13.5. The molecule has 1 N–H and O–H groups in total. The van der Waals surface area contributed by atoms with Gasteiger partial charge in [-0.25, -0.2) is 14.1 Å². The zero-order chi connectivity index (χ0) is 11.7. The van der Waals surface area contributed by atoms with Gasteiger partial charge in [-0.05, 0) is 18.2 Å². The molecule has 1 aromatic carbocycles. The van der Waals surface area contributed by atoms with E-state index in [4.69, 9.17) is 5.26 Å². The van der Waals surface area contributed by atoms with Gasteiger partial charge in [-0.1, -0.05) is 15.9 Å². The van der Waals surface area contributed by atoms with Gasteiger partial charge in [0.1, 0.15) is 5.82 Å². The van der Waals surface area contributed by atoms with Gasteiger partial charge in [0, 0.05) is 10.0 Å². The molecule has 2 amide bonds. The highest BCUT2D eigenvalue weighted by Crippen LogP contribution is 2.25. The van der Waals surface area contributed by atoms with E-state index in [9.17, 15) is 9.18 Å². The Morgan fingerprint density at radius 3 is 3.00 bits per heavy atom. The molecule has 0 radical (unpaired) electrons. The second kappa shape index (κ2) is 4.10. The van der Waals surface area contributed by atoms with Crippen molar-refractivity contribution in [3.63, 3.8) is 0 Å². The molecular weight excluding hydrogens is 277 g/mol. The second-order valence-electron chi connectivity index (χ2n) is 3.38. The minimum absolute atomic E-state index is 0.155. The predicted octanol–water partition coefficient (Wildman–Crippen LogP) is 2.14. The molecule has 16 heavy (non-hydrogen) atoms. The number of rotatable bonds is 1. The standard InChI is InChI=1S/C10H7BrFN3O/c11-6-1-2-8(12)7(3-6)9-4-15(5-13)10(16)14-9/h1-3,9H,4H2,(H,14,16). The summed E-state index contributed by atoms with van der Waals surface area (Å²) in [7, 11) is 0. The first-order valence-electron chi connectivity index (χ1n) is 4.54. The number of benzene rings is 1. The minimum Gasteiger partial charge on any atom is -0.328 e. The van der Waals surface area contributed by atoms with Crippen LogP contribution in [-0.2, 0) is 0 Å².